The van der Waals surface area contributed by atoms with Gasteiger partial charge in [0.05, 0.1) is 0 Å². The number of aromatic nitrogens is 2. The van der Waals surface area contributed by atoms with Gasteiger partial charge in [-0.2, -0.15) is 0 Å². The molecule has 1 heterocycles. The van der Waals surface area contributed by atoms with Gasteiger partial charge in [0.1, 0.15) is 0 Å². The van der Waals surface area contributed by atoms with Crippen molar-refractivity contribution in [2.45, 2.75) is 24.8 Å². The van der Waals surface area contributed by atoms with Gasteiger partial charge in [0.2, 0.25) is 0 Å². The van der Waals surface area contributed by atoms with Crippen molar-refractivity contribution >= 4 is 11.8 Å². The van der Waals surface area contributed by atoms with Gasteiger partial charge >= 0.3 is 0 Å². The minimum absolute atomic E-state index is 0.0399. The van der Waals surface area contributed by atoms with Gasteiger partial charge in [0, 0.05) is 24.1 Å². The van der Waals surface area contributed by atoms with Gasteiger partial charge in [0.25, 0.3) is 5.56 Å². The molecule has 0 saturated carbocycles. The molecule has 1 aromatic heterocycles. The Morgan fingerprint density at radius 1 is 1.22 bits per heavy atom. The molecule has 0 N–H and O–H groups in total. The molecule has 4 heteroatoms. The van der Waals surface area contributed by atoms with Crippen LogP contribution >= 0.6 is 11.8 Å². The smallest absolute Gasteiger partial charge is 0.257 e. The van der Waals surface area contributed by atoms with E-state index < -0.39 is 0 Å². The largest absolute Gasteiger partial charge is 0.291 e. The highest BCUT2D eigenvalue weighted by Crippen LogP contribution is 2.19. The van der Waals surface area contributed by atoms with Crippen molar-refractivity contribution in [2.75, 3.05) is 0 Å². The van der Waals surface area contributed by atoms with Crippen molar-refractivity contribution < 1.29 is 0 Å². The van der Waals surface area contributed by atoms with Crippen molar-refractivity contribution in [1.82, 2.24) is 9.55 Å². The molecule has 0 saturated heterocycles. The highest BCUT2D eigenvalue weighted by molar-refractivity contribution is 7.98. The number of hydrogen-bond acceptors (Lipinski definition) is 3. The molecule has 0 aliphatic rings. The van der Waals surface area contributed by atoms with Crippen LogP contribution in [0, 0.1) is 13.8 Å². The second-order valence-electron chi connectivity index (χ2n) is 4.24. The maximum Gasteiger partial charge on any atom is 0.257 e. The third-order valence-electron chi connectivity index (χ3n) is 2.93. The van der Waals surface area contributed by atoms with E-state index in [9.17, 15) is 4.79 Å². The molecule has 0 radical (unpaired) electrons. The monoisotopic (exact) mass is 260 g/mol. The molecule has 3 nitrogen and oxygen atoms in total. The first-order valence-corrected chi connectivity index (χ1v) is 6.79. The van der Waals surface area contributed by atoms with Crippen LogP contribution in [0.5, 0.6) is 0 Å². The Bertz CT molecular complexity index is 605. The van der Waals surface area contributed by atoms with Crippen LogP contribution in [0.4, 0.5) is 0 Å². The summed E-state index contributed by atoms with van der Waals surface area (Å²) in [5.41, 5.74) is 2.81. The highest BCUT2D eigenvalue weighted by atomic mass is 32.2. The Kier molecular flexibility index (Phi) is 3.87. The standard InChI is InChI=1S/C14H16N2OS/c1-10-11(2)15-14(16(3)13(10)17)18-9-12-7-5-4-6-8-12/h4-8H,9H2,1-3H3. The maximum absolute atomic E-state index is 11.9. The van der Waals surface area contributed by atoms with E-state index in [2.05, 4.69) is 17.1 Å². The molecule has 0 spiro atoms. The van der Waals surface area contributed by atoms with E-state index in [1.807, 2.05) is 32.0 Å². The first-order valence-electron chi connectivity index (χ1n) is 5.80. The summed E-state index contributed by atoms with van der Waals surface area (Å²) in [6.45, 7) is 3.69. The molecule has 0 fully saturated rings. The van der Waals surface area contributed by atoms with E-state index in [1.165, 1.54) is 5.56 Å². The maximum atomic E-state index is 11.9. The summed E-state index contributed by atoms with van der Waals surface area (Å²) in [5, 5.41) is 0.770. The zero-order valence-electron chi connectivity index (χ0n) is 10.8. The predicted octanol–water partition coefficient (Wildman–Crippen LogP) is 2.69. The van der Waals surface area contributed by atoms with E-state index in [4.69, 9.17) is 0 Å². The van der Waals surface area contributed by atoms with Crippen LogP contribution in [0.25, 0.3) is 0 Å². The molecule has 94 valence electrons. The van der Waals surface area contributed by atoms with E-state index >= 15 is 0 Å². The van der Waals surface area contributed by atoms with Gasteiger partial charge in [-0.1, -0.05) is 42.1 Å². The van der Waals surface area contributed by atoms with Crippen LogP contribution in [-0.2, 0) is 12.8 Å². The summed E-state index contributed by atoms with van der Waals surface area (Å²) in [6, 6.07) is 10.2. The van der Waals surface area contributed by atoms with Crippen LogP contribution in [-0.4, -0.2) is 9.55 Å². The molecule has 0 aliphatic carbocycles. The molecule has 2 aromatic rings. The van der Waals surface area contributed by atoms with Gasteiger partial charge in [-0.25, -0.2) is 4.98 Å². The van der Waals surface area contributed by atoms with Crippen LogP contribution < -0.4 is 5.56 Å². The fraction of sp³-hybridized carbons (Fsp3) is 0.286. The molecule has 0 bridgehead atoms. The lowest BCUT2D eigenvalue weighted by atomic mass is 10.2. The SMILES string of the molecule is Cc1nc(SCc2ccccc2)n(C)c(=O)c1C. The number of nitrogens with zero attached hydrogens (tertiary/aromatic N) is 2. The third-order valence-corrected chi connectivity index (χ3v) is 4.03. The second-order valence-corrected chi connectivity index (χ2v) is 5.19. The molecule has 1 aromatic carbocycles. The first-order chi connectivity index (χ1) is 8.59. The van der Waals surface area contributed by atoms with Crippen molar-refractivity contribution in [3.63, 3.8) is 0 Å². The lowest BCUT2D eigenvalue weighted by Gasteiger charge is -2.09. The van der Waals surface area contributed by atoms with Crippen molar-refractivity contribution in [1.29, 1.82) is 0 Å². The first kappa shape index (κ1) is 12.9. The molecular formula is C14H16N2OS. The summed E-state index contributed by atoms with van der Waals surface area (Å²) in [4.78, 5) is 16.4. The van der Waals surface area contributed by atoms with Crippen LogP contribution in [0.1, 0.15) is 16.8 Å². The van der Waals surface area contributed by atoms with Crippen LogP contribution in [0.3, 0.4) is 0 Å². The molecule has 0 atom stereocenters. The number of benzene rings is 1. The summed E-state index contributed by atoms with van der Waals surface area (Å²) in [6.07, 6.45) is 0. The number of rotatable bonds is 3. The van der Waals surface area contributed by atoms with Gasteiger partial charge in [-0.05, 0) is 19.4 Å². The van der Waals surface area contributed by atoms with E-state index in [-0.39, 0.29) is 5.56 Å². The van der Waals surface area contributed by atoms with Crippen LogP contribution in [0.15, 0.2) is 40.3 Å². The van der Waals surface area contributed by atoms with Gasteiger partial charge in [-0.15, -0.1) is 0 Å². The third kappa shape index (κ3) is 2.64. The molecule has 0 unspecified atom stereocenters. The molecule has 0 amide bonds. The molecule has 2 rings (SSSR count). The van der Waals surface area contributed by atoms with Crippen molar-refractivity contribution in [3.05, 3.63) is 57.5 Å². The Labute approximate surface area is 111 Å². The predicted molar refractivity (Wildman–Crippen MR) is 75.0 cm³/mol. The number of aryl methyl sites for hydroxylation is 1. The number of thioether (sulfide) groups is 1. The fourth-order valence-electron chi connectivity index (χ4n) is 1.65. The minimum Gasteiger partial charge on any atom is -0.291 e. The summed E-state index contributed by atoms with van der Waals surface area (Å²) in [7, 11) is 1.77. The topological polar surface area (TPSA) is 34.9 Å². The van der Waals surface area contributed by atoms with Gasteiger partial charge in [-0.3, -0.25) is 9.36 Å². The zero-order valence-corrected chi connectivity index (χ0v) is 11.6. The summed E-state index contributed by atoms with van der Waals surface area (Å²) in [5.74, 6) is 0.823. The van der Waals surface area contributed by atoms with Crippen LogP contribution in [0.2, 0.25) is 0 Å². The average molecular weight is 260 g/mol. The molecule has 0 aliphatic heterocycles. The summed E-state index contributed by atoms with van der Waals surface area (Å²) >= 11 is 1.59. The van der Waals surface area contributed by atoms with Crippen molar-refractivity contribution in [3.8, 4) is 0 Å². The minimum atomic E-state index is 0.0399. The number of hydrogen-bond donors (Lipinski definition) is 0. The highest BCUT2D eigenvalue weighted by Gasteiger charge is 2.08. The fourth-order valence-corrected chi connectivity index (χ4v) is 2.61. The second kappa shape index (κ2) is 5.40. The Hall–Kier alpha value is -1.55. The molecular weight excluding hydrogens is 244 g/mol. The van der Waals surface area contributed by atoms with E-state index in [0.717, 1.165) is 22.2 Å². The Balaban J connectivity index is 2.23. The van der Waals surface area contributed by atoms with Gasteiger partial charge < -0.3 is 0 Å². The average Bonchev–Trinajstić information content (AvgIpc) is 2.40. The van der Waals surface area contributed by atoms with Gasteiger partial charge in [0.15, 0.2) is 5.16 Å². The van der Waals surface area contributed by atoms with E-state index in [1.54, 1.807) is 23.4 Å². The quantitative estimate of drug-likeness (QED) is 0.628. The Morgan fingerprint density at radius 3 is 2.56 bits per heavy atom. The Morgan fingerprint density at radius 2 is 1.89 bits per heavy atom. The van der Waals surface area contributed by atoms with E-state index in [0.29, 0.717) is 0 Å². The zero-order chi connectivity index (χ0) is 13.1. The normalized spacial score (nSPS) is 10.6. The lowest BCUT2D eigenvalue weighted by molar-refractivity contribution is 0.689. The molecule has 18 heavy (non-hydrogen) atoms. The lowest BCUT2D eigenvalue weighted by Crippen LogP contribution is -2.23. The van der Waals surface area contributed by atoms with Crippen molar-refractivity contribution in [2.24, 2.45) is 7.05 Å². The summed E-state index contributed by atoms with van der Waals surface area (Å²) < 4.78 is 1.62.